The molecule has 1 N–H and O–H groups in total. The summed E-state index contributed by atoms with van der Waals surface area (Å²) in [6.45, 7) is 6.47. The van der Waals surface area contributed by atoms with Gasteiger partial charge in [-0.1, -0.05) is 45.4 Å². The van der Waals surface area contributed by atoms with Crippen LogP contribution in [0.15, 0.2) is 0 Å². The molecule has 0 bridgehead atoms. The summed E-state index contributed by atoms with van der Waals surface area (Å²) in [5, 5.41) is 3.91. The first-order chi connectivity index (χ1) is 9.82. The van der Waals surface area contributed by atoms with Gasteiger partial charge < -0.3 is 10.1 Å². The van der Waals surface area contributed by atoms with Crippen LogP contribution in [0.1, 0.15) is 84.5 Å². The van der Waals surface area contributed by atoms with E-state index in [0.29, 0.717) is 6.04 Å². The van der Waals surface area contributed by atoms with Crippen molar-refractivity contribution < 1.29 is 4.74 Å². The average molecular weight is 281 g/mol. The van der Waals surface area contributed by atoms with E-state index in [-0.39, 0.29) is 5.60 Å². The predicted molar refractivity (Wildman–Crippen MR) is 86.1 cm³/mol. The van der Waals surface area contributed by atoms with Crippen molar-refractivity contribution in [3.05, 3.63) is 0 Å². The zero-order valence-electron chi connectivity index (χ0n) is 13.8. The van der Waals surface area contributed by atoms with Crippen LogP contribution in [-0.2, 0) is 4.74 Å². The Morgan fingerprint density at radius 1 is 1.00 bits per heavy atom. The van der Waals surface area contributed by atoms with Gasteiger partial charge in [-0.3, -0.25) is 0 Å². The van der Waals surface area contributed by atoms with E-state index in [1.54, 1.807) is 0 Å². The van der Waals surface area contributed by atoms with Crippen LogP contribution in [-0.4, -0.2) is 24.8 Å². The lowest BCUT2D eigenvalue weighted by atomic mass is 9.70. The van der Waals surface area contributed by atoms with Gasteiger partial charge in [0.05, 0.1) is 5.60 Å². The molecule has 2 saturated carbocycles. The van der Waals surface area contributed by atoms with Crippen LogP contribution >= 0.6 is 0 Å². The lowest BCUT2D eigenvalue weighted by Crippen LogP contribution is -2.57. The zero-order valence-corrected chi connectivity index (χ0v) is 13.8. The highest BCUT2D eigenvalue weighted by molar-refractivity contribution is 4.99. The fourth-order valence-corrected chi connectivity index (χ4v) is 4.53. The van der Waals surface area contributed by atoms with Gasteiger partial charge in [0.25, 0.3) is 0 Å². The van der Waals surface area contributed by atoms with Gasteiger partial charge in [0.15, 0.2) is 0 Å². The molecule has 2 aliphatic carbocycles. The fraction of sp³-hybridized carbons (Fsp3) is 1.00. The van der Waals surface area contributed by atoms with E-state index in [4.69, 9.17) is 4.74 Å². The summed E-state index contributed by atoms with van der Waals surface area (Å²) in [5.41, 5.74) is 0.143. The van der Waals surface area contributed by atoms with Gasteiger partial charge in [-0.15, -0.1) is 0 Å². The predicted octanol–water partition coefficient (Wildman–Crippen LogP) is 4.67. The van der Waals surface area contributed by atoms with Crippen LogP contribution in [0.5, 0.6) is 0 Å². The fourth-order valence-electron chi connectivity index (χ4n) is 4.53. The minimum absolute atomic E-state index is 0.143. The third-order valence-corrected chi connectivity index (χ3v) is 5.43. The van der Waals surface area contributed by atoms with Crippen LogP contribution in [0.4, 0.5) is 0 Å². The molecule has 0 heterocycles. The Bertz CT molecular complexity index is 249. The molecule has 2 aliphatic rings. The summed E-state index contributed by atoms with van der Waals surface area (Å²) in [7, 11) is 0. The molecule has 0 radical (unpaired) electrons. The third-order valence-electron chi connectivity index (χ3n) is 5.43. The molecule has 2 heteroatoms. The standard InChI is InChI=1S/C18H35NO/c1-3-15-19-17(16-11-7-5-8-12-16)18(20-4-2)13-9-6-10-14-18/h16-17,19H,3-15H2,1-2H3. The van der Waals surface area contributed by atoms with Gasteiger partial charge in [-0.05, 0) is 51.5 Å². The van der Waals surface area contributed by atoms with Crippen LogP contribution in [0.25, 0.3) is 0 Å². The highest BCUT2D eigenvalue weighted by atomic mass is 16.5. The Morgan fingerprint density at radius 3 is 2.25 bits per heavy atom. The molecular formula is C18H35NO. The smallest absolute Gasteiger partial charge is 0.0837 e. The second-order valence-electron chi connectivity index (χ2n) is 6.89. The Labute approximate surface area is 126 Å². The maximum atomic E-state index is 6.42. The van der Waals surface area contributed by atoms with E-state index in [9.17, 15) is 0 Å². The van der Waals surface area contributed by atoms with Crippen LogP contribution in [0.3, 0.4) is 0 Å². The average Bonchev–Trinajstić information content (AvgIpc) is 2.50. The van der Waals surface area contributed by atoms with Crippen molar-refractivity contribution in [2.24, 2.45) is 5.92 Å². The molecule has 20 heavy (non-hydrogen) atoms. The molecule has 0 aromatic heterocycles. The van der Waals surface area contributed by atoms with Crippen molar-refractivity contribution in [2.45, 2.75) is 96.1 Å². The van der Waals surface area contributed by atoms with Crippen LogP contribution < -0.4 is 5.32 Å². The van der Waals surface area contributed by atoms with Crippen LogP contribution in [0, 0.1) is 5.92 Å². The second kappa shape index (κ2) is 8.38. The third kappa shape index (κ3) is 3.98. The van der Waals surface area contributed by atoms with Crippen molar-refractivity contribution in [1.82, 2.24) is 5.32 Å². The highest BCUT2D eigenvalue weighted by Gasteiger charge is 2.44. The summed E-state index contributed by atoms with van der Waals surface area (Å²) >= 11 is 0. The molecule has 118 valence electrons. The molecule has 2 fully saturated rings. The first kappa shape index (κ1) is 16.3. The maximum Gasteiger partial charge on any atom is 0.0837 e. The summed E-state index contributed by atoms with van der Waals surface area (Å²) < 4.78 is 6.42. The number of ether oxygens (including phenoxy) is 1. The van der Waals surface area contributed by atoms with E-state index in [1.165, 1.54) is 70.6 Å². The second-order valence-corrected chi connectivity index (χ2v) is 6.89. The van der Waals surface area contributed by atoms with Crippen molar-refractivity contribution in [2.75, 3.05) is 13.2 Å². The van der Waals surface area contributed by atoms with Gasteiger partial charge in [0.2, 0.25) is 0 Å². The number of hydrogen-bond acceptors (Lipinski definition) is 2. The SMILES string of the molecule is CCCNC(C1CCCCC1)C1(OCC)CCCCC1. The van der Waals surface area contributed by atoms with Gasteiger partial charge in [0.1, 0.15) is 0 Å². The molecule has 0 aromatic rings. The first-order valence-corrected chi connectivity index (χ1v) is 9.19. The van der Waals surface area contributed by atoms with E-state index in [0.717, 1.165) is 19.1 Å². The quantitative estimate of drug-likeness (QED) is 0.732. The molecular weight excluding hydrogens is 246 g/mol. The van der Waals surface area contributed by atoms with Crippen molar-refractivity contribution in [3.63, 3.8) is 0 Å². The molecule has 0 aromatic carbocycles. The van der Waals surface area contributed by atoms with Crippen molar-refractivity contribution in [1.29, 1.82) is 0 Å². The molecule has 0 spiro atoms. The number of hydrogen-bond donors (Lipinski definition) is 1. The summed E-state index contributed by atoms with van der Waals surface area (Å²) in [4.78, 5) is 0. The molecule has 0 saturated heterocycles. The van der Waals surface area contributed by atoms with Gasteiger partial charge in [0, 0.05) is 12.6 Å². The largest absolute Gasteiger partial charge is 0.374 e. The van der Waals surface area contributed by atoms with Crippen molar-refractivity contribution in [3.8, 4) is 0 Å². The molecule has 0 aliphatic heterocycles. The molecule has 0 amide bonds. The Morgan fingerprint density at radius 2 is 1.65 bits per heavy atom. The van der Waals surface area contributed by atoms with E-state index < -0.39 is 0 Å². The molecule has 1 unspecified atom stereocenters. The molecule has 2 nitrogen and oxygen atoms in total. The van der Waals surface area contributed by atoms with E-state index in [2.05, 4.69) is 19.2 Å². The number of nitrogens with one attached hydrogen (secondary N) is 1. The zero-order chi connectivity index (χ0) is 14.3. The Hall–Kier alpha value is -0.0800. The lowest BCUT2D eigenvalue weighted by molar-refractivity contribution is -0.105. The van der Waals surface area contributed by atoms with Crippen LogP contribution in [0.2, 0.25) is 0 Å². The summed E-state index contributed by atoms with van der Waals surface area (Å²) in [5.74, 6) is 0.847. The summed E-state index contributed by atoms with van der Waals surface area (Å²) in [6.07, 6.45) is 15.0. The van der Waals surface area contributed by atoms with E-state index >= 15 is 0 Å². The van der Waals surface area contributed by atoms with Gasteiger partial charge in [-0.2, -0.15) is 0 Å². The Kier molecular flexibility index (Phi) is 6.83. The molecule has 2 rings (SSSR count). The monoisotopic (exact) mass is 281 g/mol. The van der Waals surface area contributed by atoms with Gasteiger partial charge in [-0.25, -0.2) is 0 Å². The lowest BCUT2D eigenvalue weighted by Gasteiger charge is -2.48. The Balaban J connectivity index is 2.11. The molecule has 1 atom stereocenters. The summed E-state index contributed by atoms with van der Waals surface area (Å²) in [6, 6.07) is 0.600. The normalized spacial score (nSPS) is 25.5. The first-order valence-electron chi connectivity index (χ1n) is 9.19. The minimum Gasteiger partial charge on any atom is -0.374 e. The maximum absolute atomic E-state index is 6.42. The number of rotatable bonds is 7. The van der Waals surface area contributed by atoms with Crippen molar-refractivity contribution >= 4 is 0 Å². The minimum atomic E-state index is 0.143. The van der Waals surface area contributed by atoms with Gasteiger partial charge >= 0.3 is 0 Å². The highest BCUT2D eigenvalue weighted by Crippen LogP contribution is 2.41. The topological polar surface area (TPSA) is 21.3 Å². The van der Waals surface area contributed by atoms with E-state index in [1.807, 2.05) is 0 Å².